The molecule has 0 fully saturated rings. The van der Waals surface area contributed by atoms with Crippen LogP contribution < -0.4 is 17.1 Å². The minimum absolute atomic E-state index is 0.292. The Labute approximate surface area is 102 Å². The summed E-state index contributed by atoms with van der Waals surface area (Å²) in [7, 11) is 0. The largest absolute Gasteiger partial charge is 0.349 e. The minimum Gasteiger partial charge on any atom is -0.349 e. The van der Waals surface area contributed by atoms with E-state index in [2.05, 4.69) is 25.9 Å². The summed E-state index contributed by atoms with van der Waals surface area (Å²) < 4.78 is 1.41. The third-order valence-electron chi connectivity index (χ3n) is 2.64. The second-order valence-corrected chi connectivity index (χ2v) is 4.59. The van der Waals surface area contributed by atoms with Crippen LogP contribution in [0.25, 0.3) is 21.9 Å². The van der Waals surface area contributed by atoms with Gasteiger partial charge in [-0.25, -0.2) is 4.79 Å². The van der Waals surface area contributed by atoms with Gasteiger partial charge < -0.3 is 15.8 Å². The molecule has 7 heteroatoms. The molecule has 1 aromatic carbocycles. The first-order chi connectivity index (χ1) is 8.08. The molecule has 0 aliphatic rings. The molecule has 3 aromatic rings. The summed E-state index contributed by atoms with van der Waals surface area (Å²) in [6, 6.07) is 5.49. The lowest BCUT2D eigenvalue weighted by Crippen LogP contribution is -2.40. The molecule has 0 unspecified atom stereocenters. The van der Waals surface area contributed by atoms with E-state index in [4.69, 9.17) is 5.84 Å². The molecule has 0 aliphatic heterocycles. The Morgan fingerprint density at radius 1 is 1.18 bits per heavy atom. The number of rotatable bonds is 0. The highest BCUT2D eigenvalue weighted by atomic mass is 79.9. The number of nitrogen functional groups attached to an aromatic ring is 1. The van der Waals surface area contributed by atoms with Crippen LogP contribution in [0.3, 0.4) is 0 Å². The van der Waals surface area contributed by atoms with Crippen LogP contribution in [-0.2, 0) is 0 Å². The number of hydrogen-bond acceptors (Lipinski definition) is 3. The first kappa shape index (κ1) is 10.2. The lowest BCUT2D eigenvalue weighted by molar-refractivity contribution is 0.855. The van der Waals surface area contributed by atoms with E-state index in [0.717, 1.165) is 15.4 Å². The zero-order chi connectivity index (χ0) is 12.2. The molecule has 0 aliphatic carbocycles. The van der Waals surface area contributed by atoms with Crippen molar-refractivity contribution in [1.29, 1.82) is 0 Å². The Morgan fingerprint density at radius 3 is 2.71 bits per heavy atom. The van der Waals surface area contributed by atoms with Crippen molar-refractivity contribution in [3.8, 4) is 0 Å². The Hall–Kier alpha value is -2.02. The second kappa shape index (κ2) is 3.24. The van der Waals surface area contributed by atoms with E-state index in [1.54, 1.807) is 0 Å². The van der Waals surface area contributed by atoms with Gasteiger partial charge in [0.05, 0.1) is 5.52 Å². The highest BCUT2D eigenvalue weighted by Crippen LogP contribution is 2.24. The number of H-pyrrole nitrogens is 2. The number of nitrogens with two attached hydrogens (primary N) is 1. The Bertz CT molecular complexity index is 858. The van der Waals surface area contributed by atoms with E-state index in [1.807, 2.05) is 18.2 Å². The summed E-state index contributed by atoms with van der Waals surface area (Å²) in [5.74, 6) is 5.33. The molecule has 0 bridgehead atoms. The summed E-state index contributed by atoms with van der Waals surface area (Å²) in [4.78, 5) is 28.7. The van der Waals surface area contributed by atoms with Gasteiger partial charge in [-0.3, -0.25) is 4.79 Å². The van der Waals surface area contributed by atoms with Crippen molar-refractivity contribution >= 4 is 37.9 Å². The molecule has 17 heavy (non-hydrogen) atoms. The summed E-state index contributed by atoms with van der Waals surface area (Å²) in [6.07, 6.45) is 0. The van der Waals surface area contributed by atoms with Gasteiger partial charge >= 0.3 is 5.69 Å². The summed E-state index contributed by atoms with van der Waals surface area (Å²) in [5, 5.41) is 0.768. The van der Waals surface area contributed by atoms with E-state index in [-0.39, 0.29) is 0 Å². The second-order valence-electron chi connectivity index (χ2n) is 3.67. The predicted octanol–water partition coefficient (Wildman–Crippen LogP) is 0.647. The van der Waals surface area contributed by atoms with Crippen LogP contribution in [0, 0.1) is 0 Å². The number of aromatic nitrogens is 3. The quantitative estimate of drug-likeness (QED) is 0.531. The summed E-state index contributed by atoms with van der Waals surface area (Å²) >= 11 is 3.34. The standard InChI is InChI=1S/C10H7BrN4O2/c11-4-1-2-6-5(3-4)7-8(13-6)9(16)15(12)10(17)14-7/h1-3,13H,12H2,(H,14,17). The maximum Gasteiger partial charge on any atom is 0.347 e. The van der Waals surface area contributed by atoms with Crippen molar-refractivity contribution in [3.05, 3.63) is 43.5 Å². The average molecular weight is 295 g/mol. The normalized spacial score (nSPS) is 11.4. The van der Waals surface area contributed by atoms with Crippen molar-refractivity contribution in [2.75, 3.05) is 5.84 Å². The number of benzene rings is 1. The topological polar surface area (TPSA) is 96.7 Å². The van der Waals surface area contributed by atoms with E-state index in [0.29, 0.717) is 15.7 Å². The maximum absolute atomic E-state index is 11.8. The number of fused-ring (bicyclic) bond motifs is 3. The predicted molar refractivity (Wildman–Crippen MR) is 68.5 cm³/mol. The molecule has 0 saturated carbocycles. The molecule has 86 valence electrons. The average Bonchev–Trinajstić information content (AvgIpc) is 2.65. The number of hydrogen-bond donors (Lipinski definition) is 3. The molecule has 0 spiro atoms. The fourth-order valence-corrected chi connectivity index (χ4v) is 2.20. The van der Waals surface area contributed by atoms with E-state index >= 15 is 0 Å². The Kier molecular flexibility index (Phi) is 1.93. The van der Waals surface area contributed by atoms with Crippen LogP contribution in [0.15, 0.2) is 32.3 Å². The molecule has 0 amide bonds. The number of halogens is 1. The highest BCUT2D eigenvalue weighted by Gasteiger charge is 2.11. The fourth-order valence-electron chi connectivity index (χ4n) is 1.83. The van der Waals surface area contributed by atoms with Gasteiger partial charge in [-0.05, 0) is 18.2 Å². The van der Waals surface area contributed by atoms with Gasteiger partial charge in [0.1, 0.15) is 5.52 Å². The van der Waals surface area contributed by atoms with Crippen LogP contribution in [0.5, 0.6) is 0 Å². The van der Waals surface area contributed by atoms with Gasteiger partial charge in [-0.1, -0.05) is 15.9 Å². The lowest BCUT2D eigenvalue weighted by atomic mass is 10.2. The molecule has 3 rings (SSSR count). The van der Waals surface area contributed by atoms with Gasteiger partial charge in [0.15, 0.2) is 0 Å². The molecule has 0 radical (unpaired) electrons. The summed E-state index contributed by atoms with van der Waals surface area (Å²) in [6.45, 7) is 0. The van der Waals surface area contributed by atoms with Crippen molar-refractivity contribution in [2.24, 2.45) is 0 Å². The first-order valence-corrected chi connectivity index (χ1v) is 5.58. The molecule has 0 atom stereocenters. The van der Waals surface area contributed by atoms with Crippen LogP contribution in [-0.4, -0.2) is 14.6 Å². The summed E-state index contributed by atoms with van der Waals surface area (Å²) in [5.41, 5.74) is 0.347. The zero-order valence-electron chi connectivity index (χ0n) is 8.45. The van der Waals surface area contributed by atoms with Gasteiger partial charge in [0, 0.05) is 15.4 Å². The van der Waals surface area contributed by atoms with Gasteiger partial charge in [-0.15, -0.1) is 0 Å². The van der Waals surface area contributed by atoms with Crippen LogP contribution in [0.2, 0.25) is 0 Å². The highest BCUT2D eigenvalue weighted by molar-refractivity contribution is 9.10. The molecule has 6 nitrogen and oxygen atoms in total. The zero-order valence-corrected chi connectivity index (χ0v) is 10.0. The molecular formula is C10H7BrN4O2. The van der Waals surface area contributed by atoms with Gasteiger partial charge in [0.2, 0.25) is 0 Å². The van der Waals surface area contributed by atoms with Crippen molar-refractivity contribution in [3.63, 3.8) is 0 Å². The molecule has 2 heterocycles. The SMILES string of the molecule is Nn1c(=O)[nH]c2c([nH]c3ccc(Br)cc32)c1=O. The van der Waals surface area contributed by atoms with Crippen molar-refractivity contribution in [2.45, 2.75) is 0 Å². The number of nitrogens with one attached hydrogen (secondary N) is 2. The minimum atomic E-state index is -0.636. The first-order valence-electron chi connectivity index (χ1n) is 4.79. The molecule has 2 aromatic heterocycles. The number of aromatic amines is 2. The third-order valence-corrected chi connectivity index (χ3v) is 3.14. The Balaban J connectivity index is 2.67. The fraction of sp³-hybridized carbons (Fsp3) is 0. The van der Waals surface area contributed by atoms with Crippen LogP contribution in [0.4, 0.5) is 0 Å². The Morgan fingerprint density at radius 2 is 1.94 bits per heavy atom. The molecule has 4 N–H and O–H groups in total. The van der Waals surface area contributed by atoms with Gasteiger partial charge in [0.25, 0.3) is 5.56 Å². The van der Waals surface area contributed by atoms with E-state index in [1.165, 1.54) is 0 Å². The van der Waals surface area contributed by atoms with Gasteiger partial charge in [-0.2, -0.15) is 4.68 Å². The van der Waals surface area contributed by atoms with Crippen molar-refractivity contribution in [1.82, 2.24) is 14.6 Å². The number of nitrogens with zero attached hydrogens (tertiary/aromatic N) is 1. The molecular weight excluding hydrogens is 288 g/mol. The molecule has 0 saturated heterocycles. The van der Waals surface area contributed by atoms with Crippen molar-refractivity contribution < 1.29 is 0 Å². The van der Waals surface area contributed by atoms with E-state index in [9.17, 15) is 9.59 Å². The smallest absolute Gasteiger partial charge is 0.347 e. The van der Waals surface area contributed by atoms with Crippen LogP contribution >= 0.6 is 15.9 Å². The lowest BCUT2D eigenvalue weighted by Gasteiger charge is -1.95. The third kappa shape index (κ3) is 1.32. The van der Waals surface area contributed by atoms with Crippen LogP contribution in [0.1, 0.15) is 0 Å². The van der Waals surface area contributed by atoms with E-state index < -0.39 is 11.2 Å². The monoisotopic (exact) mass is 294 g/mol. The maximum atomic E-state index is 11.8.